The second-order valence-electron chi connectivity index (χ2n) is 5.94. The van der Waals surface area contributed by atoms with Crippen molar-refractivity contribution in [1.82, 2.24) is 5.32 Å². The van der Waals surface area contributed by atoms with Gasteiger partial charge in [-0.1, -0.05) is 37.6 Å². The number of hydrogen-bond donors (Lipinski definition) is 1. The molecular weight excluding hydrogens is 206 g/mol. The molecule has 92 valence electrons. The first-order chi connectivity index (χ1) is 8.33. The molecule has 1 unspecified atom stereocenters. The Morgan fingerprint density at radius 3 is 2.76 bits per heavy atom. The molecule has 17 heavy (non-hydrogen) atoms. The Balaban J connectivity index is 1.48. The number of nitrogens with one attached hydrogen (secondary N) is 1. The average molecular weight is 229 g/mol. The Morgan fingerprint density at radius 2 is 2.12 bits per heavy atom. The molecular formula is C16H23N. The van der Waals surface area contributed by atoms with Crippen molar-refractivity contribution in [3.63, 3.8) is 0 Å². The van der Waals surface area contributed by atoms with Crippen LogP contribution in [0.5, 0.6) is 0 Å². The van der Waals surface area contributed by atoms with Gasteiger partial charge in [0, 0.05) is 19.0 Å². The van der Waals surface area contributed by atoms with Gasteiger partial charge in [-0.3, -0.25) is 0 Å². The van der Waals surface area contributed by atoms with Crippen LogP contribution in [0.4, 0.5) is 0 Å². The summed E-state index contributed by atoms with van der Waals surface area (Å²) in [4.78, 5) is 0. The predicted octanol–water partition coefficient (Wildman–Crippen LogP) is 3.50. The lowest BCUT2D eigenvalue weighted by molar-refractivity contribution is 0.123. The molecule has 0 aromatic heterocycles. The second kappa shape index (κ2) is 4.45. The zero-order valence-corrected chi connectivity index (χ0v) is 10.8. The Labute approximate surface area is 105 Å². The summed E-state index contributed by atoms with van der Waals surface area (Å²) in [6.45, 7) is 4.76. The summed E-state index contributed by atoms with van der Waals surface area (Å²) in [6, 6.07) is 8.89. The summed E-state index contributed by atoms with van der Waals surface area (Å²) in [5.41, 5.74) is 3.80. The Hall–Kier alpha value is -0.820. The van der Waals surface area contributed by atoms with Crippen LogP contribution in [0.2, 0.25) is 0 Å². The molecule has 0 aliphatic heterocycles. The van der Waals surface area contributed by atoms with Crippen molar-refractivity contribution in [1.29, 1.82) is 0 Å². The van der Waals surface area contributed by atoms with Gasteiger partial charge in [-0.2, -0.15) is 0 Å². The van der Waals surface area contributed by atoms with Crippen molar-refractivity contribution < 1.29 is 0 Å². The zero-order chi connectivity index (χ0) is 11.7. The van der Waals surface area contributed by atoms with E-state index in [-0.39, 0.29) is 0 Å². The van der Waals surface area contributed by atoms with Crippen LogP contribution in [0.15, 0.2) is 24.3 Å². The fraction of sp³-hybridized carbons (Fsp3) is 0.625. The van der Waals surface area contributed by atoms with Crippen molar-refractivity contribution in [3.8, 4) is 0 Å². The highest BCUT2D eigenvalue weighted by Gasteiger charge is 2.35. The van der Waals surface area contributed by atoms with Gasteiger partial charge >= 0.3 is 0 Å². The van der Waals surface area contributed by atoms with Gasteiger partial charge in [0.1, 0.15) is 0 Å². The first-order valence-corrected chi connectivity index (χ1v) is 7.11. The molecule has 0 radical (unpaired) electrons. The molecule has 1 saturated carbocycles. The van der Waals surface area contributed by atoms with Crippen LogP contribution in [-0.2, 0) is 6.42 Å². The van der Waals surface area contributed by atoms with Gasteiger partial charge in [0.25, 0.3) is 0 Å². The quantitative estimate of drug-likeness (QED) is 0.815. The highest BCUT2D eigenvalue weighted by molar-refractivity contribution is 5.40. The van der Waals surface area contributed by atoms with E-state index in [1.165, 1.54) is 45.2 Å². The van der Waals surface area contributed by atoms with Crippen molar-refractivity contribution >= 4 is 0 Å². The Bertz CT molecular complexity index is 387. The third-order valence-corrected chi connectivity index (χ3v) is 5.02. The standard InChI is InChI=1S/C16H23N/c1-2-16(8-5-9-16)12-17-11-14-10-13-6-3-4-7-15(13)14/h3-4,6-7,14,17H,2,5,8-12H2,1H3. The maximum atomic E-state index is 3.72. The first-order valence-electron chi connectivity index (χ1n) is 7.11. The topological polar surface area (TPSA) is 12.0 Å². The first kappa shape index (κ1) is 11.3. The van der Waals surface area contributed by atoms with Gasteiger partial charge in [-0.05, 0) is 42.2 Å². The summed E-state index contributed by atoms with van der Waals surface area (Å²) in [6.07, 6.45) is 6.96. The van der Waals surface area contributed by atoms with Crippen LogP contribution in [0.3, 0.4) is 0 Å². The third-order valence-electron chi connectivity index (χ3n) is 5.02. The molecule has 2 aliphatic carbocycles. The fourth-order valence-electron chi connectivity index (χ4n) is 3.39. The van der Waals surface area contributed by atoms with Gasteiger partial charge in [0.2, 0.25) is 0 Å². The SMILES string of the molecule is CCC1(CNCC2Cc3ccccc32)CCC1. The van der Waals surface area contributed by atoms with E-state index in [0.29, 0.717) is 5.41 Å². The van der Waals surface area contributed by atoms with E-state index in [4.69, 9.17) is 0 Å². The minimum absolute atomic E-state index is 0.656. The summed E-state index contributed by atoms with van der Waals surface area (Å²) >= 11 is 0. The molecule has 2 aliphatic rings. The molecule has 3 rings (SSSR count). The molecule has 0 saturated heterocycles. The fourth-order valence-corrected chi connectivity index (χ4v) is 3.39. The van der Waals surface area contributed by atoms with Crippen molar-refractivity contribution in [2.45, 2.75) is 44.9 Å². The third kappa shape index (κ3) is 2.01. The van der Waals surface area contributed by atoms with E-state index in [1.807, 2.05) is 0 Å². The van der Waals surface area contributed by atoms with Gasteiger partial charge in [0.15, 0.2) is 0 Å². The predicted molar refractivity (Wildman–Crippen MR) is 72.3 cm³/mol. The van der Waals surface area contributed by atoms with Crippen molar-refractivity contribution in [2.24, 2.45) is 5.41 Å². The van der Waals surface area contributed by atoms with E-state index < -0.39 is 0 Å². The average Bonchev–Trinajstić information content (AvgIpc) is 2.28. The normalized spacial score (nSPS) is 24.6. The Morgan fingerprint density at radius 1 is 1.29 bits per heavy atom. The molecule has 1 fully saturated rings. The molecule has 0 bridgehead atoms. The highest BCUT2D eigenvalue weighted by Crippen LogP contribution is 2.43. The van der Waals surface area contributed by atoms with Gasteiger partial charge in [-0.25, -0.2) is 0 Å². The minimum Gasteiger partial charge on any atom is -0.316 e. The van der Waals surface area contributed by atoms with Crippen LogP contribution in [-0.4, -0.2) is 13.1 Å². The summed E-state index contributed by atoms with van der Waals surface area (Å²) in [5.74, 6) is 0.778. The highest BCUT2D eigenvalue weighted by atomic mass is 14.9. The van der Waals surface area contributed by atoms with Crippen LogP contribution < -0.4 is 5.32 Å². The summed E-state index contributed by atoms with van der Waals surface area (Å²) < 4.78 is 0. The maximum Gasteiger partial charge on any atom is 0.00236 e. The monoisotopic (exact) mass is 229 g/mol. The lowest BCUT2D eigenvalue weighted by Crippen LogP contribution is -2.41. The maximum absolute atomic E-state index is 3.72. The lowest BCUT2D eigenvalue weighted by atomic mass is 9.67. The van der Waals surface area contributed by atoms with Crippen LogP contribution in [0, 0.1) is 5.41 Å². The van der Waals surface area contributed by atoms with Gasteiger partial charge < -0.3 is 5.32 Å². The molecule has 0 spiro atoms. The molecule has 1 nitrogen and oxygen atoms in total. The number of fused-ring (bicyclic) bond motifs is 1. The van der Waals surface area contributed by atoms with Gasteiger partial charge in [0.05, 0.1) is 0 Å². The number of benzene rings is 1. The molecule has 1 heteroatoms. The smallest absolute Gasteiger partial charge is 0.00236 e. The molecule has 1 atom stereocenters. The minimum atomic E-state index is 0.656. The summed E-state index contributed by atoms with van der Waals surface area (Å²) in [7, 11) is 0. The number of rotatable bonds is 5. The molecule has 1 N–H and O–H groups in total. The summed E-state index contributed by atoms with van der Waals surface area (Å²) in [5, 5.41) is 3.72. The Kier molecular flexibility index (Phi) is 2.96. The lowest BCUT2D eigenvalue weighted by Gasteiger charge is -2.42. The van der Waals surface area contributed by atoms with E-state index in [9.17, 15) is 0 Å². The van der Waals surface area contributed by atoms with E-state index in [2.05, 4.69) is 36.5 Å². The van der Waals surface area contributed by atoms with Gasteiger partial charge in [-0.15, -0.1) is 0 Å². The van der Waals surface area contributed by atoms with Crippen LogP contribution in [0.25, 0.3) is 0 Å². The van der Waals surface area contributed by atoms with E-state index in [1.54, 1.807) is 11.1 Å². The van der Waals surface area contributed by atoms with Crippen molar-refractivity contribution in [2.75, 3.05) is 13.1 Å². The number of hydrogen-bond acceptors (Lipinski definition) is 1. The second-order valence-corrected chi connectivity index (χ2v) is 5.94. The van der Waals surface area contributed by atoms with Crippen molar-refractivity contribution in [3.05, 3.63) is 35.4 Å². The molecule has 0 heterocycles. The van der Waals surface area contributed by atoms with E-state index >= 15 is 0 Å². The zero-order valence-electron chi connectivity index (χ0n) is 10.8. The van der Waals surface area contributed by atoms with Crippen LogP contribution in [0.1, 0.15) is 49.7 Å². The van der Waals surface area contributed by atoms with Crippen LogP contribution >= 0.6 is 0 Å². The molecule has 1 aromatic rings. The molecule has 0 amide bonds. The molecule has 1 aromatic carbocycles. The largest absolute Gasteiger partial charge is 0.316 e. The van der Waals surface area contributed by atoms with E-state index in [0.717, 1.165) is 5.92 Å².